The van der Waals surface area contributed by atoms with Gasteiger partial charge in [-0.25, -0.2) is 0 Å². The summed E-state index contributed by atoms with van der Waals surface area (Å²) in [5, 5.41) is 9.06. The summed E-state index contributed by atoms with van der Waals surface area (Å²) < 4.78 is 5.68. The molecule has 0 saturated carbocycles. The number of ether oxygens (including phenoxy) is 1. The molecule has 0 radical (unpaired) electrons. The Kier molecular flexibility index (Phi) is 5.38. The molecule has 1 unspecified atom stereocenters. The van der Waals surface area contributed by atoms with Gasteiger partial charge in [-0.05, 0) is 40.2 Å². The van der Waals surface area contributed by atoms with Crippen LogP contribution in [0.25, 0.3) is 0 Å². The summed E-state index contributed by atoms with van der Waals surface area (Å²) in [6.07, 6.45) is 3.10. The molecule has 3 N–H and O–H groups in total. The predicted molar refractivity (Wildman–Crippen MR) is 70.0 cm³/mol. The third-order valence-electron chi connectivity index (χ3n) is 3.34. The average molecular weight is 244 g/mol. The quantitative estimate of drug-likeness (QED) is 0.684. The summed E-state index contributed by atoms with van der Waals surface area (Å²) in [5.74, 6) is 0. The summed E-state index contributed by atoms with van der Waals surface area (Å²) >= 11 is 0. The van der Waals surface area contributed by atoms with Crippen LogP contribution in [0.1, 0.15) is 40.0 Å². The molecule has 1 saturated heterocycles. The number of hydrogen-bond donors (Lipinski definition) is 2. The van der Waals surface area contributed by atoms with Gasteiger partial charge in [-0.3, -0.25) is 4.90 Å². The lowest BCUT2D eigenvalue weighted by Gasteiger charge is -2.38. The lowest BCUT2D eigenvalue weighted by atomic mass is 9.97. The molecule has 4 nitrogen and oxygen atoms in total. The Balaban J connectivity index is 2.15. The highest BCUT2D eigenvalue weighted by molar-refractivity contribution is 4.80. The van der Waals surface area contributed by atoms with E-state index < -0.39 is 5.54 Å². The molecule has 1 rings (SSSR count). The van der Waals surface area contributed by atoms with E-state index in [0.29, 0.717) is 0 Å². The molecule has 17 heavy (non-hydrogen) atoms. The van der Waals surface area contributed by atoms with Crippen molar-refractivity contribution < 1.29 is 9.84 Å². The van der Waals surface area contributed by atoms with Gasteiger partial charge in [0.05, 0.1) is 18.8 Å². The zero-order valence-corrected chi connectivity index (χ0v) is 11.5. The summed E-state index contributed by atoms with van der Waals surface area (Å²) in [4.78, 5) is 2.45. The summed E-state index contributed by atoms with van der Waals surface area (Å²) in [5.41, 5.74) is 5.47. The molecule has 1 heterocycles. The second-order valence-electron chi connectivity index (χ2n) is 6.15. The van der Waals surface area contributed by atoms with Crippen molar-refractivity contribution in [3.63, 3.8) is 0 Å². The second kappa shape index (κ2) is 6.14. The highest BCUT2D eigenvalue weighted by atomic mass is 16.5. The van der Waals surface area contributed by atoms with Gasteiger partial charge in [0.2, 0.25) is 0 Å². The van der Waals surface area contributed by atoms with Gasteiger partial charge >= 0.3 is 0 Å². The number of nitrogens with two attached hydrogens (primary N) is 1. The maximum Gasteiger partial charge on any atom is 0.0753 e. The summed E-state index contributed by atoms with van der Waals surface area (Å²) in [7, 11) is 0. The molecule has 0 bridgehead atoms. The van der Waals surface area contributed by atoms with E-state index in [1.807, 2.05) is 6.92 Å². The molecule has 0 aliphatic carbocycles. The van der Waals surface area contributed by atoms with Crippen LogP contribution in [0.4, 0.5) is 0 Å². The standard InChI is InChI=1S/C13H28N2O2/c1-12(2)10-15(8-9-17-12)7-5-4-6-13(3,14)11-16/h16H,4-11,14H2,1-3H3. The van der Waals surface area contributed by atoms with Gasteiger partial charge in [-0.2, -0.15) is 0 Å². The number of nitrogens with zero attached hydrogens (tertiary/aromatic N) is 1. The molecular formula is C13H28N2O2. The highest BCUT2D eigenvalue weighted by Crippen LogP contribution is 2.17. The van der Waals surface area contributed by atoms with Crippen LogP contribution in [0.15, 0.2) is 0 Å². The fraction of sp³-hybridized carbons (Fsp3) is 1.00. The van der Waals surface area contributed by atoms with Gasteiger partial charge in [0.1, 0.15) is 0 Å². The Bertz CT molecular complexity index is 229. The van der Waals surface area contributed by atoms with Crippen molar-refractivity contribution in [3.8, 4) is 0 Å². The number of aliphatic hydroxyl groups excluding tert-OH is 1. The first kappa shape index (κ1) is 14.9. The van der Waals surface area contributed by atoms with Gasteiger partial charge < -0.3 is 15.6 Å². The monoisotopic (exact) mass is 244 g/mol. The topological polar surface area (TPSA) is 58.7 Å². The third kappa shape index (κ3) is 5.82. The Morgan fingerprint density at radius 1 is 1.41 bits per heavy atom. The van der Waals surface area contributed by atoms with Crippen molar-refractivity contribution in [1.82, 2.24) is 4.90 Å². The van der Waals surface area contributed by atoms with Crippen LogP contribution in [-0.4, -0.2) is 54.0 Å². The largest absolute Gasteiger partial charge is 0.394 e. The van der Waals surface area contributed by atoms with Gasteiger partial charge in [0, 0.05) is 18.6 Å². The first-order valence-electron chi connectivity index (χ1n) is 6.61. The fourth-order valence-corrected chi connectivity index (χ4v) is 2.25. The number of hydrogen-bond acceptors (Lipinski definition) is 4. The maximum atomic E-state index is 9.06. The Labute approximate surface area is 105 Å². The number of morpholine rings is 1. The predicted octanol–water partition coefficient (Wildman–Crippen LogP) is 0.977. The molecule has 1 aliphatic rings. The summed E-state index contributed by atoms with van der Waals surface area (Å²) in [6, 6.07) is 0. The van der Waals surface area contributed by atoms with E-state index in [4.69, 9.17) is 15.6 Å². The normalized spacial score (nSPS) is 24.5. The van der Waals surface area contributed by atoms with E-state index in [9.17, 15) is 0 Å². The van der Waals surface area contributed by atoms with Crippen LogP contribution in [0, 0.1) is 0 Å². The zero-order chi connectivity index (χ0) is 12.9. The van der Waals surface area contributed by atoms with Crippen molar-refractivity contribution in [3.05, 3.63) is 0 Å². The molecule has 4 heteroatoms. The lowest BCUT2D eigenvalue weighted by Crippen LogP contribution is -2.48. The molecule has 102 valence electrons. The first-order valence-corrected chi connectivity index (χ1v) is 6.61. The van der Waals surface area contributed by atoms with Crippen LogP contribution in [0.3, 0.4) is 0 Å². The van der Waals surface area contributed by atoms with Crippen molar-refractivity contribution in [2.24, 2.45) is 5.73 Å². The minimum Gasteiger partial charge on any atom is -0.394 e. The third-order valence-corrected chi connectivity index (χ3v) is 3.34. The smallest absolute Gasteiger partial charge is 0.0753 e. The van der Waals surface area contributed by atoms with Crippen LogP contribution in [0.2, 0.25) is 0 Å². The van der Waals surface area contributed by atoms with E-state index in [1.165, 1.54) is 0 Å². The van der Waals surface area contributed by atoms with Crippen molar-refractivity contribution >= 4 is 0 Å². The van der Waals surface area contributed by atoms with E-state index in [2.05, 4.69) is 18.7 Å². The zero-order valence-electron chi connectivity index (χ0n) is 11.5. The highest BCUT2D eigenvalue weighted by Gasteiger charge is 2.26. The molecule has 0 amide bonds. The van der Waals surface area contributed by atoms with Gasteiger partial charge in [-0.1, -0.05) is 6.42 Å². The van der Waals surface area contributed by atoms with Crippen molar-refractivity contribution in [1.29, 1.82) is 0 Å². The van der Waals surface area contributed by atoms with Crippen molar-refractivity contribution in [2.45, 2.75) is 51.2 Å². The number of unbranched alkanes of at least 4 members (excludes halogenated alkanes) is 1. The fourth-order valence-electron chi connectivity index (χ4n) is 2.25. The van der Waals surface area contributed by atoms with Crippen LogP contribution in [0.5, 0.6) is 0 Å². The van der Waals surface area contributed by atoms with Crippen molar-refractivity contribution in [2.75, 3.05) is 32.8 Å². The molecule has 1 fully saturated rings. The minimum atomic E-state index is -0.412. The Morgan fingerprint density at radius 3 is 2.71 bits per heavy atom. The van der Waals surface area contributed by atoms with E-state index in [-0.39, 0.29) is 12.2 Å². The first-order chi connectivity index (χ1) is 7.85. The molecule has 0 spiro atoms. The second-order valence-corrected chi connectivity index (χ2v) is 6.15. The van der Waals surface area contributed by atoms with Gasteiger partial charge in [0.25, 0.3) is 0 Å². The Morgan fingerprint density at radius 2 is 2.12 bits per heavy atom. The van der Waals surface area contributed by atoms with E-state index >= 15 is 0 Å². The van der Waals surface area contributed by atoms with Gasteiger partial charge in [-0.15, -0.1) is 0 Å². The van der Waals surface area contributed by atoms with E-state index in [0.717, 1.165) is 45.5 Å². The molecule has 0 aromatic carbocycles. The summed E-state index contributed by atoms with van der Waals surface area (Å²) in [6.45, 7) is 10.2. The molecular weight excluding hydrogens is 216 g/mol. The van der Waals surface area contributed by atoms with Crippen LogP contribution in [-0.2, 0) is 4.74 Å². The minimum absolute atomic E-state index is 0.00820. The molecule has 0 aromatic heterocycles. The maximum absolute atomic E-state index is 9.06. The van der Waals surface area contributed by atoms with E-state index in [1.54, 1.807) is 0 Å². The Hall–Kier alpha value is -0.160. The molecule has 1 aliphatic heterocycles. The molecule has 0 aromatic rings. The lowest BCUT2D eigenvalue weighted by molar-refractivity contribution is -0.0861. The van der Waals surface area contributed by atoms with Gasteiger partial charge in [0.15, 0.2) is 0 Å². The number of rotatable bonds is 6. The number of aliphatic hydroxyl groups is 1. The SMILES string of the molecule is CC(N)(CO)CCCCN1CCOC(C)(C)C1. The molecule has 1 atom stereocenters. The van der Waals surface area contributed by atoms with Crippen LogP contribution >= 0.6 is 0 Å². The van der Waals surface area contributed by atoms with Crippen LogP contribution < -0.4 is 5.73 Å². The average Bonchev–Trinajstić information content (AvgIpc) is 2.23.